The minimum Gasteiger partial charge on any atom is -0.360 e. The molecule has 12 heteroatoms. The quantitative estimate of drug-likeness (QED) is 0.622. The molecule has 0 unspecified atom stereocenters. The van der Waals surface area contributed by atoms with E-state index in [1.165, 1.54) is 9.21 Å². The van der Waals surface area contributed by atoms with Gasteiger partial charge in [0, 0.05) is 26.2 Å². The van der Waals surface area contributed by atoms with E-state index in [-0.39, 0.29) is 66.5 Å². The zero-order valence-electron chi connectivity index (χ0n) is 20.4. The van der Waals surface area contributed by atoms with Crippen molar-refractivity contribution in [1.29, 1.82) is 0 Å². The summed E-state index contributed by atoms with van der Waals surface area (Å²) in [7, 11) is -3.79. The predicted octanol–water partition coefficient (Wildman–Crippen LogP) is 1.26. The fourth-order valence-corrected chi connectivity index (χ4v) is 7.75. The maximum Gasteiger partial charge on any atom is 0.325 e. The largest absolute Gasteiger partial charge is 0.360 e. The van der Waals surface area contributed by atoms with Crippen molar-refractivity contribution >= 4 is 27.9 Å². The van der Waals surface area contributed by atoms with Crippen LogP contribution in [0.3, 0.4) is 0 Å². The fourth-order valence-electron chi connectivity index (χ4n) is 6.03. The van der Waals surface area contributed by atoms with Crippen LogP contribution in [0.1, 0.15) is 51.5 Å². The van der Waals surface area contributed by atoms with Gasteiger partial charge in [-0.05, 0) is 44.4 Å². The van der Waals surface area contributed by atoms with Gasteiger partial charge in [-0.15, -0.1) is 0 Å². The third-order valence-corrected chi connectivity index (χ3v) is 9.22. The Bertz CT molecular complexity index is 1100. The highest BCUT2D eigenvalue weighted by atomic mass is 32.2. The lowest BCUT2D eigenvalue weighted by molar-refractivity contribution is -0.141. The van der Waals surface area contributed by atoms with Crippen LogP contribution in [0.4, 0.5) is 4.79 Å². The molecule has 1 aliphatic carbocycles. The first kappa shape index (κ1) is 24.6. The van der Waals surface area contributed by atoms with E-state index >= 15 is 0 Å². The Morgan fingerprint density at radius 3 is 2.35 bits per heavy atom. The molecule has 4 rings (SSSR count). The lowest BCUT2D eigenvalue weighted by Gasteiger charge is -2.43. The zero-order chi connectivity index (χ0) is 25.1. The SMILES string of the molecule is Cc1noc(C)c1S(=O)(=O)N1CCN(C(=O)CN2C(=O)N[C@@]3(C[C@@H](C)CC(C)(C)C3)C2=O)CC1. The number of urea groups is 1. The van der Waals surface area contributed by atoms with Gasteiger partial charge in [-0.25, -0.2) is 13.2 Å². The van der Waals surface area contributed by atoms with Crippen LogP contribution in [-0.4, -0.2) is 83.8 Å². The molecule has 1 aromatic rings. The highest BCUT2D eigenvalue weighted by molar-refractivity contribution is 7.89. The fraction of sp³-hybridized carbons (Fsp3) is 0.727. The number of piperazine rings is 1. The molecule has 1 N–H and O–H groups in total. The molecule has 1 spiro atoms. The predicted molar refractivity (Wildman–Crippen MR) is 121 cm³/mol. The van der Waals surface area contributed by atoms with Gasteiger partial charge in [0.1, 0.15) is 22.7 Å². The standard InChI is InChI=1S/C22H33N5O6S/c1-14-10-21(4,5)13-22(11-14)19(29)27(20(30)23-22)12-17(28)25-6-8-26(9-7-25)34(31,32)18-15(2)24-33-16(18)3/h14H,6-13H2,1-5H3,(H,23,30)/t14-,22+/m0/s1. The van der Waals surface area contributed by atoms with Gasteiger partial charge in [0.05, 0.1) is 0 Å². The van der Waals surface area contributed by atoms with E-state index < -0.39 is 21.6 Å². The summed E-state index contributed by atoms with van der Waals surface area (Å²) < 4.78 is 32.3. The van der Waals surface area contributed by atoms with Gasteiger partial charge < -0.3 is 14.7 Å². The van der Waals surface area contributed by atoms with Gasteiger partial charge >= 0.3 is 6.03 Å². The number of hydrogen-bond acceptors (Lipinski definition) is 7. The van der Waals surface area contributed by atoms with Crippen molar-refractivity contribution in [3.63, 3.8) is 0 Å². The third kappa shape index (κ3) is 4.21. The summed E-state index contributed by atoms with van der Waals surface area (Å²) in [6.07, 6.45) is 2.07. The van der Waals surface area contributed by atoms with E-state index in [0.29, 0.717) is 18.5 Å². The van der Waals surface area contributed by atoms with Crippen molar-refractivity contribution < 1.29 is 27.3 Å². The molecular formula is C22H33N5O6S. The maximum absolute atomic E-state index is 13.3. The molecule has 0 radical (unpaired) electrons. The summed E-state index contributed by atoms with van der Waals surface area (Å²) in [6, 6.07) is -0.539. The summed E-state index contributed by atoms with van der Waals surface area (Å²) in [5.74, 6) is -0.219. The molecule has 3 fully saturated rings. The van der Waals surface area contributed by atoms with Crippen molar-refractivity contribution in [3.8, 4) is 0 Å². The second-order valence-electron chi connectivity index (χ2n) is 10.7. The molecule has 0 aromatic carbocycles. The van der Waals surface area contributed by atoms with Crippen LogP contribution in [0.5, 0.6) is 0 Å². The maximum atomic E-state index is 13.3. The molecule has 34 heavy (non-hydrogen) atoms. The number of amides is 4. The Kier molecular flexibility index (Phi) is 6.04. The summed E-state index contributed by atoms with van der Waals surface area (Å²) >= 11 is 0. The van der Waals surface area contributed by atoms with Crippen LogP contribution in [-0.2, 0) is 19.6 Å². The Morgan fingerprint density at radius 1 is 1.15 bits per heavy atom. The summed E-state index contributed by atoms with van der Waals surface area (Å²) in [4.78, 5) is 41.5. The van der Waals surface area contributed by atoms with E-state index in [2.05, 4.69) is 31.2 Å². The van der Waals surface area contributed by atoms with Crippen LogP contribution in [0, 0.1) is 25.2 Å². The van der Waals surface area contributed by atoms with Crippen molar-refractivity contribution in [2.24, 2.45) is 11.3 Å². The first-order valence-electron chi connectivity index (χ1n) is 11.6. The molecule has 3 heterocycles. The molecule has 188 valence electrons. The monoisotopic (exact) mass is 495 g/mol. The minimum atomic E-state index is -3.79. The second-order valence-corrected chi connectivity index (χ2v) is 12.6. The molecule has 4 amide bonds. The lowest BCUT2D eigenvalue weighted by atomic mass is 9.64. The van der Waals surface area contributed by atoms with Crippen LogP contribution in [0.2, 0.25) is 0 Å². The Morgan fingerprint density at radius 2 is 1.79 bits per heavy atom. The number of imide groups is 1. The van der Waals surface area contributed by atoms with E-state index in [9.17, 15) is 22.8 Å². The number of carbonyl (C=O) groups excluding carboxylic acids is 3. The van der Waals surface area contributed by atoms with Gasteiger partial charge in [0.25, 0.3) is 5.91 Å². The molecule has 1 aromatic heterocycles. The number of sulfonamides is 1. The van der Waals surface area contributed by atoms with E-state index in [1.54, 1.807) is 13.8 Å². The smallest absolute Gasteiger partial charge is 0.325 e. The number of hydrogen-bond donors (Lipinski definition) is 1. The van der Waals surface area contributed by atoms with Gasteiger partial charge in [0.2, 0.25) is 15.9 Å². The summed E-state index contributed by atoms with van der Waals surface area (Å²) in [5.41, 5.74) is -0.757. The van der Waals surface area contributed by atoms with Crippen LogP contribution < -0.4 is 5.32 Å². The number of rotatable bonds is 4. The van der Waals surface area contributed by atoms with Crippen LogP contribution >= 0.6 is 0 Å². The molecule has 2 aliphatic heterocycles. The van der Waals surface area contributed by atoms with Crippen molar-refractivity contribution in [3.05, 3.63) is 11.5 Å². The van der Waals surface area contributed by atoms with E-state index in [1.807, 2.05) is 0 Å². The Balaban J connectivity index is 1.40. The summed E-state index contributed by atoms with van der Waals surface area (Å²) in [5, 5.41) is 6.60. The number of aromatic nitrogens is 1. The first-order valence-corrected chi connectivity index (χ1v) is 13.0. The molecule has 2 saturated heterocycles. The molecule has 3 aliphatic rings. The number of nitrogens with one attached hydrogen (secondary N) is 1. The third-order valence-electron chi connectivity index (χ3n) is 7.07. The zero-order valence-corrected chi connectivity index (χ0v) is 21.2. The number of aryl methyl sites for hydroxylation is 2. The number of nitrogens with zero attached hydrogens (tertiary/aromatic N) is 4. The Labute approximate surface area is 199 Å². The average Bonchev–Trinajstić information content (AvgIpc) is 3.17. The lowest BCUT2D eigenvalue weighted by Crippen LogP contribution is -2.55. The average molecular weight is 496 g/mol. The molecular weight excluding hydrogens is 462 g/mol. The Hall–Kier alpha value is -2.47. The minimum absolute atomic E-state index is 0.0570. The van der Waals surface area contributed by atoms with Crippen molar-refractivity contribution in [2.75, 3.05) is 32.7 Å². The van der Waals surface area contributed by atoms with Crippen molar-refractivity contribution in [1.82, 2.24) is 24.6 Å². The molecule has 2 atom stereocenters. The molecule has 11 nitrogen and oxygen atoms in total. The van der Waals surface area contributed by atoms with Crippen LogP contribution in [0.25, 0.3) is 0 Å². The van der Waals surface area contributed by atoms with E-state index in [4.69, 9.17) is 4.52 Å². The van der Waals surface area contributed by atoms with Crippen molar-refractivity contribution in [2.45, 2.75) is 64.3 Å². The van der Waals surface area contributed by atoms with E-state index in [0.717, 1.165) is 11.3 Å². The van der Waals surface area contributed by atoms with Gasteiger partial charge in [-0.3, -0.25) is 14.5 Å². The highest BCUT2D eigenvalue weighted by Gasteiger charge is 2.56. The van der Waals surface area contributed by atoms with Crippen LogP contribution in [0.15, 0.2) is 9.42 Å². The van der Waals surface area contributed by atoms with Gasteiger partial charge in [0.15, 0.2) is 5.76 Å². The van der Waals surface area contributed by atoms with Gasteiger partial charge in [-0.1, -0.05) is 25.9 Å². The molecule has 1 saturated carbocycles. The normalized spacial score (nSPS) is 28.0. The summed E-state index contributed by atoms with van der Waals surface area (Å²) in [6.45, 7) is 9.57. The second kappa shape index (κ2) is 8.33. The topological polar surface area (TPSA) is 133 Å². The number of carbonyl (C=O) groups is 3. The first-order chi connectivity index (χ1) is 15.8. The molecule has 0 bridgehead atoms. The highest BCUT2D eigenvalue weighted by Crippen LogP contribution is 2.46. The van der Waals surface area contributed by atoms with Gasteiger partial charge in [-0.2, -0.15) is 4.31 Å².